The lowest BCUT2D eigenvalue weighted by atomic mass is 9.85. The molecule has 0 saturated carbocycles. The summed E-state index contributed by atoms with van der Waals surface area (Å²) in [6, 6.07) is 64.9. The molecule has 0 aliphatic carbocycles. The van der Waals surface area contributed by atoms with Gasteiger partial charge in [0.2, 0.25) is 0 Å². The summed E-state index contributed by atoms with van der Waals surface area (Å²) in [4.78, 5) is 0. The Morgan fingerprint density at radius 2 is 0.760 bits per heavy atom. The van der Waals surface area contributed by atoms with Crippen molar-refractivity contribution in [3.05, 3.63) is 188 Å². The van der Waals surface area contributed by atoms with Crippen LogP contribution in [-0.2, 0) is 0 Å². The van der Waals surface area contributed by atoms with Crippen LogP contribution >= 0.6 is 0 Å². The monoisotopic (exact) mass is 638 g/mol. The molecule has 0 unspecified atom stereocenters. The van der Waals surface area contributed by atoms with Gasteiger partial charge in [-0.2, -0.15) is 0 Å². The zero-order valence-corrected chi connectivity index (χ0v) is 27.8. The van der Waals surface area contributed by atoms with Crippen LogP contribution in [0.5, 0.6) is 5.75 Å². The molecule has 0 bridgehead atoms. The van der Waals surface area contributed by atoms with Crippen LogP contribution in [0.4, 0.5) is 0 Å². The van der Waals surface area contributed by atoms with Crippen molar-refractivity contribution in [2.75, 3.05) is 0 Å². The van der Waals surface area contributed by atoms with Crippen LogP contribution in [0.15, 0.2) is 182 Å². The van der Waals surface area contributed by atoms with Gasteiger partial charge in [-0.3, -0.25) is 0 Å². The SMILES string of the molecule is Cc1ccc(-c2ccc(-c3c4ccccc4c(-c4ccc(-c5cccc6ccccc56)cc4)c4ccccc34)cc2)cc1-c1ccccc1O. The molecule has 0 aliphatic heterocycles. The molecule has 0 heterocycles. The maximum absolute atomic E-state index is 10.6. The van der Waals surface area contributed by atoms with Crippen molar-refractivity contribution in [1.29, 1.82) is 0 Å². The lowest BCUT2D eigenvalue weighted by molar-refractivity contribution is 0.477. The quantitative estimate of drug-likeness (QED) is 0.186. The van der Waals surface area contributed by atoms with Gasteiger partial charge in [0.1, 0.15) is 5.75 Å². The van der Waals surface area contributed by atoms with E-state index in [9.17, 15) is 5.11 Å². The zero-order chi connectivity index (χ0) is 33.6. The van der Waals surface area contributed by atoms with Crippen LogP contribution in [0.1, 0.15) is 5.56 Å². The Morgan fingerprint density at radius 3 is 1.36 bits per heavy atom. The summed E-state index contributed by atoms with van der Waals surface area (Å²) in [7, 11) is 0. The third-order valence-electron chi connectivity index (χ3n) is 10.1. The lowest BCUT2D eigenvalue weighted by Crippen LogP contribution is -1.91. The number of para-hydroxylation sites is 1. The van der Waals surface area contributed by atoms with E-state index in [1.807, 2.05) is 18.2 Å². The molecule has 1 N–H and O–H groups in total. The second-order valence-corrected chi connectivity index (χ2v) is 13.1. The van der Waals surface area contributed by atoms with Gasteiger partial charge in [-0.1, -0.05) is 170 Å². The van der Waals surface area contributed by atoms with Gasteiger partial charge in [0, 0.05) is 5.56 Å². The highest BCUT2D eigenvalue weighted by Gasteiger charge is 2.17. The molecule has 1 nitrogen and oxygen atoms in total. The predicted molar refractivity (Wildman–Crippen MR) is 213 cm³/mol. The summed E-state index contributed by atoms with van der Waals surface area (Å²) in [6.07, 6.45) is 0. The fourth-order valence-corrected chi connectivity index (χ4v) is 7.67. The number of rotatable bonds is 5. The highest BCUT2D eigenvalue weighted by atomic mass is 16.3. The second kappa shape index (κ2) is 12.2. The smallest absolute Gasteiger partial charge is 0.123 e. The molecule has 0 radical (unpaired) electrons. The number of benzene rings is 9. The van der Waals surface area contributed by atoms with Crippen molar-refractivity contribution in [2.24, 2.45) is 0 Å². The van der Waals surface area contributed by atoms with E-state index in [0.717, 1.165) is 27.8 Å². The van der Waals surface area contributed by atoms with Gasteiger partial charge < -0.3 is 5.11 Å². The van der Waals surface area contributed by atoms with Gasteiger partial charge in [-0.05, 0) is 107 Å². The molecule has 236 valence electrons. The van der Waals surface area contributed by atoms with Gasteiger partial charge in [0.15, 0.2) is 0 Å². The molecule has 0 amide bonds. The minimum absolute atomic E-state index is 0.297. The number of aromatic hydroxyl groups is 1. The first kappa shape index (κ1) is 29.7. The maximum atomic E-state index is 10.6. The first-order valence-corrected chi connectivity index (χ1v) is 17.2. The molecule has 9 rings (SSSR count). The van der Waals surface area contributed by atoms with Crippen LogP contribution in [0, 0.1) is 6.92 Å². The predicted octanol–water partition coefficient (Wildman–Crippen LogP) is 13.5. The number of aryl methyl sites for hydroxylation is 1. The van der Waals surface area contributed by atoms with E-state index in [1.165, 1.54) is 65.7 Å². The van der Waals surface area contributed by atoms with Crippen molar-refractivity contribution in [3.8, 4) is 61.4 Å². The Bertz CT molecular complexity index is 2640. The molecule has 0 fully saturated rings. The van der Waals surface area contributed by atoms with Crippen LogP contribution < -0.4 is 0 Å². The second-order valence-electron chi connectivity index (χ2n) is 13.1. The van der Waals surface area contributed by atoms with E-state index in [1.54, 1.807) is 6.07 Å². The van der Waals surface area contributed by atoms with Crippen molar-refractivity contribution >= 4 is 32.3 Å². The van der Waals surface area contributed by atoms with E-state index in [0.29, 0.717) is 5.75 Å². The molecule has 0 atom stereocenters. The van der Waals surface area contributed by atoms with Gasteiger partial charge >= 0.3 is 0 Å². The topological polar surface area (TPSA) is 20.2 Å². The van der Waals surface area contributed by atoms with E-state index < -0.39 is 0 Å². The van der Waals surface area contributed by atoms with Crippen molar-refractivity contribution in [1.82, 2.24) is 0 Å². The van der Waals surface area contributed by atoms with Crippen molar-refractivity contribution < 1.29 is 5.11 Å². The number of phenolic OH excluding ortho intramolecular Hbond substituents is 1. The number of phenols is 1. The summed E-state index contributed by atoms with van der Waals surface area (Å²) in [5.74, 6) is 0.297. The minimum atomic E-state index is 0.297. The Balaban J connectivity index is 1.15. The Labute approximate surface area is 292 Å². The molecular weight excluding hydrogens is 605 g/mol. The summed E-state index contributed by atoms with van der Waals surface area (Å²) in [5, 5.41) is 18.1. The molecule has 0 spiro atoms. The first-order chi connectivity index (χ1) is 24.6. The Kier molecular flexibility index (Phi) is 7.25. The first-order valence-electron chi connectivity index (χ1n) is 17.2. The molecule has 0 saturated heterocycles. The molecule has 0 aromatic heterocycles. The highest BCUT2D eigenvalue weighted by Crippen LogP contribution is 2.44. The standard InChI is InChI=1S/C49H34O/c1-32-21-22-38(31-46(32)41-14-8-9-20-47(41)50)33-23-27-36(28-24-33)48-42-15-4-6-17-44(42)49(45-18-7-5-16-43(45)48)37-29-25-35(26-30-37)40-19-10-12-34-11-2-3-13-39(34)40/h2-31,50H,1H3. The summed E-state index contributed by atoms with van der Waals surface area (Å²) < 4.78 is 0. The van der Waals surface area contributed by atoms with Crippen LogP contribution in [0.25, 0.3) is 88.0 Å². The summed E-state index contributed by atoms with van der Waals surface area (Å²) in [6.45, 7) is 2.09. The zero-order valence-electron chi connectivity index (χ0n) is 27.8. The molecular formula is C49H34O. The summed E-state index contributed by atoms with van der Waals surface area (Å²) in [5.41, 5.74) is 12.7. The van der Waals surface area contributed by atoms with E-state index in [-0.39, 0.29) is 0 Å². The third kappa shape index (κ3) is 5.03. The average Bonchev–Trinajstić information content (AvgIpc) is 3.17. The maximum Gasteiger partial charge on any atom is 0.123 e. The largest absolute Gasteiger partial charge is 0.507 e. The summed E-state index contributed by atoms with van der Waals surface area (Å²) >= 11 is 0. The fourth-order valence-electron chi connectivity index (χ4n) is 7.67. The molecule has 9 aromatic rings. The van der Waals surface area contributed by atoms with Crippen LogP contribution in [-0.4, -0.2) is 5.11 Å². The van der Waals surface area contributed by atoms with Gasteiger partial charge in [0.25, 0.3) is 0 Å². The number of hydrogen-bond acceptors (Lipinski definition) is 1. The van der Waals surface area contributed by atoms with E-state index >= 15 is 0 Å². The van der Waals surface area contributed by atoms with E-state index in [2.05, 4.69) is 165 Å². The van der Waals surface area contributed by atoms with Crippen molar-refractivity contribution in [2.45, 2.75) is 6.92 Å². The van der Waals surface area contributed by atoms with E-state index in [4.69, 9.17) is 0 Å². The number of hydrogen-bond donors (Lipinski definition) is 1. The fraction of sp³-hybridized carbons (Fsp3) is 0.0204. The van der Waals surface area contributed by atoms with Crippen LogP contribution in [0.3, 0.4) is 0 Å². The van der Waals surface area contributed by atoms with Crippen LogP contribution in [0.2, 0.25) is 0 Å². The Hall–Kier alpha value is -6.44. The minimum Gasteiger partial charge on any atom is -0.507 e. The molecule has 9 aromatic carbocycles. The third-order valence-corrected chi connectivity index (χ3v) is 10.1. The Morgan fingerprint density at radius 1 is 0.320 bits per heavy atom. The lowest BCUT2D eigenvalue weighted by Gasteiger charge is -2.18. The number of fused-ring (bicyclic) bond motifs is 3. The molecule has 0 aliphatic rings. The van der Waals surface area contributed by atoms with Gasteiger partial charge in [0.05, 0.1) is 0 Å². The van der Waals surface area contributed by atoms with Gasteiger partial charge in [-0.15, -0.1) is 0 Å². The molecule has 50 heavy (non-hydrogen) atoms. The highest BCUT2D eigenvalue weighted by molar-refractivity contribution is 6.21. The average molecular weight is 639 g/mol. The molecule has 1 heteroatoms. The van der Waals surface area contributed by atoms with Gasteiger partial charge in [-0.25, -0.2) is 0 Å². The normalized spacial score (nSPS) is 11.4. The van der Waals surface area contributed by atoms with Crippen molar-refractivity contribution in [3.63, 3.8) is 0 Å².